The van der Waals surface area contributed by atoms with Crippen LogP contribution in [-0.2, 0) is 0 Å². The lowest BCUT2D eigenvalue weighted by Crippen LogP contribution is -2.12. The van der Waals surface area contributed by atoms with Gasteiger partial charge < -0.3 is 18.9 Å². The van der Waals surface area contributed by atoms with Crippen LogP contribution in [0.5, 0.6) is 23.0 Å². The third kappa shape index (κ3) is 14.7. The van der Waals surface area contributed by atoms with Crippen molar-refractivity contribution in [2.24, 2.45) is 0 Å². The monoisotopic (exact) mass is 644 g/mol. The average Bonchev–Trinajstić information content (AvgIpc) is 3.08. The van der Waals surface area contributed by atoms with Crippen molar-refractivity contribution >= 4 is 11.9 Å². The van der Waals surface area contributed by atoms with Crippen molar-refractivity contribution in [3.8, 4) is 23.0 Å². The number of benzene rings is 3. The topological polar surface area (TPSA) is 71.1 Å². The zero-order valence-corrected chi connectivity index (χ0v) is 29.0. The minimum absolute atomic E-state index is 0.342. The number of rotatable bonds is 24. The van der Waals surface area contributed by atoms with Gasteiger partial charge in [-0.1, -0.05) is 110 Å². The number of esters is 2. The highest BCUT2D eigenvalue weighted by molar-refractivity contribution is 5.94. The van der Waals surface area contributed by atoms with Gasteiger partial charge in [0.25, 0.3) is 0 Å². The van der Waals surface area contributed by atoms with Gasteiger partial charge in [0.1, 0.15) is 23.0 Å². The van der Waals surface area contributed by atoms with Crippen LogP contribution < -0.4 is 18.9 Å². The summed E-state index contributed by atoms with van der Waals surface area (Å²) in [7, 11) is 0. The fourth-order valence-electron chi connectivity index (χ4n) is 5.43. The summed E-state index contributed by atoms with van der Waals surface area (Å²) in [5.74, 6) is 1.26. The molecule has 47 heavy (non-hydrogen) atoms. The van der Waals surface area contributed by atoms with E-state index in [9.17, 15) is 9.59 Å². The number of carbonyl (C=O) groups excluding carboxylic acids is 2. The summed E-state index contributed by atoms with van der Waals surface area (Å²) in [6.45, 7) is 7.63. The molecule has 0 bridgehead atoms. The van der Waals surface area contributed by atoms with Gasteiger partial charge in [-0.15, -0.1) is 0 Å². The molecule has 256 valence electrons. The van der Waals surface area contributed by atoms with Crippen molar-refractivity contribution in [1.82, 2.24) is 0 Å². The van der Waals surface area contributed by atoms with Crippen LogP contribution >= 0.6 is 0 Å². The van der Waals surface area contributed by atoms with Crippen LogP contribution in [-0.4, -0.2) is 25.2 Å². The molecule has 0 radical (unpaired) electrons. The highest BCUT2D eigenvalue weighted by Crippen LogP contribution is 2.25. The second-order valence-electron chi connectivity index (χ2n) is 12.4. The molecule has 3 rings (SSSR count). The molecule has 3 aromatic carbocycles. The van der Waals surface area contributed by atoms with Crippen LogP contribution in [0.15, 0.2) is 66.7 Å². The minimum Gasteiger partial charge on any atom is -0.494 e. The summed E-state index contributed by atoms with van der Waals surface area (Å²) in [6, 6.07) is 18.8. The van der Waals surface area contributed by atoms with E-state index in [4.69, 9.17) is 18.9 Å². The Hall–Kier alpha value is -3.80. The van der Waals surface area contributed by atoms with E-state index in [1.54, 1.807) is 54.6 Å². The average molecular weight is 645 g/mol. The fourth-order valence-corrected chi connectivity index (χ4v) is 5.43. The normalized spacial score (nSPS) is 10.9. The van der Waals surface area contributed by atoms with E-state index in [2.05, 4.69) is 13.8 Å². The van der Waals surface area contributed by atoms with Gasteiger partial charge in [0.05, 0.1) is 24.3 Å². The molecule has 0 unspecified atom stereocenters. The summed E-state index contributed by atoms with van der Waals surface area (Å²) < 4.78 is 22.9. The van der Waals surface area contributed by atoms with Crippen LogP contribution in [0.1, 0.15) is 143 Å². The Labute approximate surface area is 283 Å². The predicted octanol–water partition coefficient (Wildman–Crippen LogP) is 11.5. The molecule has 0 saturated carbocycles. The molecule has 0 saturated heterocycles. The quantitative estimate of drug-likeness (QED) is 0.0549. The van der Waals surface area contributed by atoms with Crippen molar-refractivity contribution < 1.29 is 28.5 Å². The zero-order chi connectivity index (χ0) is 33.5. The SMILES string of the molecule is CCCCCCCCCCCCCCOc1cccc(C(=O)Oc2ccc(C(=O)Oc3ccc(OCCCCCC)cc3)cc2)c1C. The molecular formula is C41H56O6. The molecule has 0 heterocycles. The lowest BCUT2D eigenvalue weighted by Gasteiger charge is -2.13. The van der Waals surface area contributed by atoms with Crippen molar-refractivity contribution in [2.45, 2.75) is 124 Å². The first-order chi connectivity index (χ1) is 23.0. The standard InChI is InChI=1S/C41H56O6/c1-4-6-8-10-11-12-13-14-15-16-17-19-32-45-39-22-20-21-38(33(39)3)41(43)47-36-25-23-34(24-26-36)40(42)46-37-29-27-35(28-30-37)44-31-18-9-7-5-2/h20-30H,4-19,31-32H2,1-3H3. The van der Waals surface area contributed by atoms with Gasteiger partial charge in [0.2, 0.25) is 0 Å². The number of unbranched alkanes of at least 4 members (excludes halogenated alkanes) is 14. The zero-order valence-electron chi connectivity index (χ0n) is 29.0. The fraction of sp³-hybridized carbons (Fsp3) is 0.512. The predicted molar refractivity (Wildman–Crippen MR) is 190 cm³/mol. The van der Waals surface area contributed by atoms with Gasteiger partial charge in [-0.05, 0) is 80.4 Å². The van der Waals surface area contributed by atoms with E-state index < -0.39 is 11.9 Å². The summed E-state index contributed by atoms with van der Waals surface area (Å²) in [6.07, 6.45) is 20.2. The molecule has 0 aliphatic heterocycles. The van der Waals surface area contributed by atoms with Crippen molar-refractivity contribution in [1.29, 1.82) is 0 Å². The molecule has 0 spiro atoms. The third-order valence-electron chi connectivity index (χ3n) is 8.36. The van der Waals surface area contributed by atoms with E-state index in [-0.39, 0.29) is 0 Å². The van der Waals surface area contributed by atoms with Crippen LogP contribution in [0, 0.1) is 6.92 Å². The van der Waals surface area contributed by atoms with Crippen molar-refractivity contribution in [2.75, 3.05) is 13.2 Å². The van der Waals surface area contributed by atoms with Gasteiger partial charge >= 0.3 is 11.9 Å². The van der Waals surface area contributed by atoms with Crippen LogP contribution in [0.25, 0.3) is 0 Å². The lowest BCUT2D eigenvalue weighted by molar-refractivity contribution is 0.0729. The first-order valence-corrected chi connectivity index (χ1v) is 18.0. The smallest absolute Gasteiger partial charge is 0.343 e. The van der Waals surface area contributed by atoms with E-state index in [1.165, 1.54) is 77.0 Å². The third-order valence-corrected chi connectivity index (χ3v) is 8.36. The Kier molecular flexibility index (Phi) is 18.2. The number of hydrogen-bond donors (Lipinski definition) is 0. The molecule has 0 N–H and O–H groups in total. The van der Waals surface area contributed by atoms with E-state index in [0.717, 1.165) is 37.0 Å². The van der Waals surface area contributed by atoms with Crippen LogP contribution in [0.3, 0.4) is 0 Å². The first-order valence-electron chi connectivity index (χ1n) is 18.0. The lowest BCUT2D eigenvalue weighted by atomic mass is 10.1. The second kappa shape index (κ2) is 22.7. The minimum atomic E-state index is -0.495. The van der Waals surface area contributed by atoms with E-state index in [0.29, 0.717) is 41.6 Å². The number of carbonyl (C=O) groups is 2. The second-order valence-corrected chi connectivity index (χ2v) is 12.4. The molecule has 0 amide bonds. The Morgan fingerprint density at radius 2 is 0.936 bits per heavy atom. The molecule has 0 aliphatic carbocycles. The molecule has 0 aliphatic rings. The van der Waals surface area contributed by atoms with Crippen molar-refractivity contribution in [3.63, 3.8) is 0 Å². The highest BCUT2D eigenvalue weighted by Gasteiger charge is 2.16. The Bertz CT molecular complexity index is 1300. The molecule has 3 aromatic rings. The Morgan fingerprint density at radius 3 is 1.51 bits per heavy atom. The van der Waals surface area contributed by atoms with E-state index >= 15 is 0 Å². The summed E-state index contributed by atoms with van der Waals surface area (Å²) in [4.78, 5) is 25.7. The Morgan fingerprint density at radius 1 is 0.489 bits per heavy atom. The summed E-state index contributed by atoms with van der Waals surface area (Å²) in [5.41, 5.74) is 1.56. The largest absolute Gasteiger partial charge is 0.494 e. The molecule has 0 fully saturated rings. The maximum atomic E-state index is 13.0. The maximum Gasteiger partial charge on any atom is 0.343 e. The van der Waals surface area contributed by atoms with Crippen molar-refractivity contribution in [3.05, 3.63) is 83.4 Å². The molecule has 0 aromatic heterocycles. The molecular weight excluding hydrogens is 588 g/mol. The molecule has 6 heteroatoms. The van der Waals surface area contributed by atoms with Gasteiger partial charge in [-0.2, -0.15) is 0 Å². The van der Waals surface area contributed by atoms with Gasteiger partial charge in [-0.25, -0.2) is 9.59 Å². The summed E-state index contributed by atoms with van der Waals surface area (Å²) in [5, 5.41) is 0. The maximum absolute atomic E-state index is 13.0. The van der Waals surface area contributed by atoms with E-state index in [1.807, 2.05) is 19.1 Å². The van der Waals surface area contributed by atoms with Crippen LogP contribution in [0.4, 0.5) is 0 Å². The first kappa shape index (κ1) is 37.7. The molecule has 6 nitrogen and oxygen atoms in total. The number of hydrogen-bond acceptors (Lipinski definition) is 6. The highest BCUT2D eigenvalue weighted by atomic mass is 16.5. The van der Waals surface area contributed by atoms with Gasteiger partial charge in [0, 0.05) is 5.56 Å². The molecule has 0 atom stereocenters. The van der Waals surface area contributed by atoms with Gasteiger partial charge in [-0.3, -0.25) is 0 Å². The summed E-state index contributed by atoms with van der Waals surface area (Å²) >= 11 is 0. The number of ether oxygens (including phenoxy) is 4. The van der Waals surface area contributed by atoms with Gasteiger partial charge in [0.15, 0.2) is 0 Å². The Balaban J connectivity index is 1.36. The van der Waals surface area contributed by atoms with Crippen LogP contribution in [0.2, 0.25) is 0 Å².